The highest BCUT2D eigenvalue weighted by molar-refractivity contribution is 5.93. The standard InChI is InChI=1S/C29H37N3O2/c1-20(2)34-29(33)27-19-25(32(7)8)17-18-26(27)28(21-9-13-23(14-10-21)30(3)4)22-11-15-24(16-12-22)31(5)6/h9-20,28H,1-8H3. The van der Waals surface area contributed by atoms with E-state index in [9.17, 15) is 4.79 Å². The zero-order chi connectivity index (χ0) is 25.0. The Labute approximate surface area is 204 Å². The predicted molar refractivity (Wildman–Crippen MR) is 144 cm³/mol. The molecule has 0 bridgehead atoms. The quantitative estimate of drug-likeness (QED) is 0.322. The molecule has 3 aromatic rings. The number of ether oxygens (including phenoxy) is 1. The molecule has 0 heterocycles. The Morgan fingerprint density at radius 2 is 1.06 bits per heavy atom. The number of hydrogen-bond donors (Lipinski definition) is 0. The number of esters is 1. The Balaban J connectivity index is 2.21. The summed E-state index contributed by atoms with van der Waals surface area (Å²) in [7, 11) is 12.1. The highest BCUT2D eigenvalue weighted by Crippen LogP contribution is 2.37. The van der Waals surface area contributed by atoms with Crippen molar-refractivity contribution in [2.24, 2.45) is 0 Å². The van der Waals surface area contributed by atoms with Crippen LogP contribution in [0.5, 0.6) is 0 Å². The van der Waals surface area contributed by atoms with E-state index >= 15 is 0 Å². The van der Waals surface area contributed by atoms with Crippen molar-refractivity contribution in [3.05, 3.63) is 89.0 Å². The van der Waals surface area contributed by atoms with Crippen LogP contribution < -0.4 is 14.7 Å². The van der Waals surface area contributed by atoms with Gasteiger partial charge >= 0.3 is 5.97 Å². The minimum atomic E-state index is -0.298. The molecule has 0 N–H and O–H groups in total. The first kappa shape index (κ1) is 25.2. The van der Waals surface area contributed by atoms with Gasteiger partial charge in [0.2, 0.25) is 0 Å². The van der Waals surface area contributed by atoms with Gasteiger partial charge in [-0.1, -0.05) is 30.3 Å². The van der Waals surface area contributed by atoms with Crippen molar-refractivity contribution in [3.8, 4) is 0 Å². The second-order valence-electron chi connectivity index (χ2n) is 9.52. The van der Waals surface area contributed by atoms with Crippen LogP contribution in [0.15, 0.2) is 66.7 Å². The van der Waals surface area contributed by atoms with Crippen molar-refractivity contribution in [1.29, 1.82) is 0 Å². The molecule has 0 amide bonds. The largest absolute Gasteiger partial charge is 0.459 e. The summed E-state index contributed by atoms with van der Waals surface area (Å²) in [5, 5.41) is 0. The zero-order valence-corrected chi connectivity index (χ0v) is 21.7. The Hall–Kier alpha value is -3.47. The van der Waals surface area contributed by atoms with Crippen molar-refractivity contribution in [2.45, 2.75) is 25.9 Å². The summed E-state index contributed by atoms with van der Waals surface area (Å²) in [6.45, 7) is 3.76. The second-order valence-corrected chi connectivity index (χ2v) is 9.52. The van der Waals surface area contributed by atoms with E-state index in [1.54, 1.807) is 0 Å². The fourth-order valence-corrected chi connectivity index (χ4v) is 4.01. The Morgan fingerprint density at radius 3 is 1.44 bits per heavy atom. The van der Waals surface area contributed by atoms with Gasteiger partial charge in [-0.2, -0.15) is 0 Å². The van der Waals surface area contributed by atoms with E-state index < -0.39 is 0 Å². The van der Waals surface area contributed by atoms with Gasteiger partial charge in [-0.3, -0.25) is 0 Å². The highest BCUT2D eigenvalue weighted by Gasteiger charge is 2.25. The molecule has 0 radical (unpaired) electrons. The van der Waals surface area contributed by atoms with Crippen LogP contribution in [0.25, 0.3) is 0 Å². The average Bonchev–Trinajstić information content (AvgIpc) is 2.79. The van der Waals surface area contributed by atoms with Gasteiger partial charge in [-0.05, 0) is 66.9 Å². The molecule has 0 saturated heterocycles. The molecule has 5 nitrogen and oxygen atoms in total. The molecule has 34 heavy (non-hydrogen) atoms. The summed E-state index contributed by atoms with van der Waals surface area (Å²) in [6.07, 6.45) is -0.194. The van der Waals surface area contributed by atoms with Crippen molar-refractivity contribution >= 4 is 23.0 Å². The third kappa shape index (κ3) is 5.71. The molecule has 5 heteroatoms. The van der Waals surface area contributed by atoms with Crippen molar-refractivity contribution < 1.29 is 9.53 Å². The van der Waals surface area contributed by atoms with Crippen LogP contribution >= 0.6 is 0 Å². The molecule has 0 aliphatic heterocycles. The maximum absolute atomic E-state index is 13.3. The van der Waals surface area contributed by atoms with Gasteiger partial charge in [0.15, 0.2) is 0 Å². The number of rotatable bonds is 8. The summed E-state index contributed by atoms with van der Waals surface area (Å²) >= 11 is 0. The van der Waals surface area contributed by atoms with E-state index in [-0.39, 0.29) is 18.0 Å². The van der Waals surface area contributed by atoms with E-state index in [1.165, 1.54) is 0 Å². The number of hydrogen-bond acceptors (Lipinski definition) is 5. The van der Waals surface area contributed by atoms with E-state index in [1.807, 2.05) is 67.1 Å². The lowest BCUT2D eigenvalue weighted by atomic mass is 9.82. The van der Waals surface area contributed by atoms with Crippen LogP contribution in [-0.4, -0.2) is 54.4 Å². The Bertz CT molecular complexity index is 1050. The van der Waals surface area contributed by atoms with Crippen LogP contribution in [0.1, 0.15) is 46.8 Å². The molecular weight excluding hydrogens is 422 g/mol. The monoisotopic (exact) mass is 459 g/mol. The zero-order valence-electron chi connectivity index (χ0n) is 21.7. The van der Waals surface area contributed by atoms with Gasteiger partial charge in [-0.15, -0.1) is 0 Å². The van der Waals surface area contributed by atoms with E-state index in [0.717, 1.165) is 33.8 Å². The van der Waals surface area contributed by atoms with Crippen molar-refractivity contribution in [2.75, 3.05) is 57.0 Å². The molecule has 0 fully saturated rings. The fraction of sp³-hybridized carbons (Fsp3) is 0.345. The number of anilines is 3. The molecule has 0 aliphatic rings. The summed E-state index contributed by atoms with van der Waals surface area (Å²) < 4.78 is 5.66. The molecule has 0 spiro atoms. The molecule has 0 unspecified atom stereocenters. The van der Waals surface area contributed by atoms with Crippen LogP contribution in [0, 0.1) is 0 Å². The van der Waals surface area contributed by atoms with Gasteiger partial charge in [0.05, 0.1) is 11.7 Å². The minimum absolute atomic E-state index is 0.113. The van der Waals surface area contributed by atoms with Crippen LogP contribution in [0.2, 0.25) is 0 Å². The van der Waals surface area contributed by atoms with E-state index in [2.05, 4.69) is 70.5 Å². The van der Waals surface area contributed by atoms with Gasteiger partial charge < -0.3 is 19.4 Å². The topological polar surface area (TPSA) is 36.0 Å². The summed E-state index contributed by atoms with van der Waals surface area (Å²) in [6, 6.07) is 23.2. The summed E-state index contributed by atoms with van der Waals surface area (Å²) in [5.41, 5.74) is 7.01. The number of carbonyl (C=O) groups is 1. The maximum atomic E-state index is 13.3. The van der Waals surface area contributed by atoms with Crippen molar-refractivity contribution in [1.82, 2.24) is 0 Å². The lowest BCUT2D eigenvalue weighted by Crippen LogP contribution is -2.18. The number of nitrogens with zero attached hydrogens (tertiary/aromatic N) is 3. The normalized spacial score (nSPS) is 11.0. The smallest absolute Gasteiger partial charge is 0.338 e. The van der Waals surface area contributed by atoms with Crippen LogP contribution in [0.3, 0.4) is 0 Å². The third-order valence-electron chi connectivity index (χ3n) is 5.91. The van der Waals surface area contributed by atoms with Gasteiger partial charge in [0.1, 0.15) is 0 Å². The SMILES string of the molecule is CC(C)OC(=O)c1cc(N(C)C)ccc1C(c1ccc(N(C)C)cc1)c1ccc(N(C)C)cc1. The first-order chi connectivity index (χ1) is 16.1. The first-order valence-corrected chi connectivity index (χ1v) is 11.6. The molecular formula is C29H37N3O2. The van der Waals surface area contributed by atoms with Gasteiger partial charge in [-0.25, -0.2) is 4.79 Å². The molecule has 3 rings (SSSR count). The Kier molecular flexibility index (Phi) is 7.87. The average molecular weight is 460 g/mol. The second kappa shape index (κ2) is 10.6. The lowest BCUT2D eigenvalue weighted by Gasteiger charge is -2.25. The molecule has 180 valence electrons. The van der Waals surface area contributed by atoms with E-state index in [0.29, 0.717) is 5.56 Å². The third-order valence-corrected chi connectivity index (χ3v) is 5.91. The van der Waals surface area contributed by atoms with Crippen LogP contribution in [0.4, 0.5) is 17.1 Å². The minimum Gasteiger partial charge on any atom is -0.459 e. The first-order valence-electron chi connectivity index (χ1n) is 11.6. The number of carbonyl (C=O) groups excluding carboxylic acids is 1. The molecule has 0 atom stereocenters. The van der Waals surface area contributed by atoms with Crippen LogP contribution in [-0.2, 0) is 4.74 Å². The molecule has 0 aliphatic carbocycles. The predicted octanol–water partition coefficient (Wildman–Crippen LogP) is 5.63. The molecule has 0 saturated carbocycles. The highest BCUT2D eigenvalue weighted by atomic mass is 16.5. The van der Waals surface area contributed by atoms with Crippen molar-refractivity contribution in [3.63, 3.8) is 0 Å². The van der Waals surface area contributed by atoms with Gasteiger partial charge in [0, 0.05) is 65.3 Å². The lowest BCUT2D eigenvalue weighted by molar-refractivity contribution is 0.0376. The van der Waals surface area contributed by atoms with E-state index in [4.69, 9.17) is 4.74 Å². The maximum Gasteiger partial charge on any atom is 0.338 e. The molecule has 0 aromatic heterocycles. The van der Waals surface area contributed by atoms with Gasteiger partial charge in [0.25, 0.3) is 0 Å². The summed E-state index contributed by atoms with van der Waals surface area (Å²) in [5.74, 6) is -0.410. The summed E-state index contributed by atoms with van der Waals surface area (Å²) in [4.78, 5) is 19.4. The number of benzene rings is 3. The Morgan fingerprint density at radius 1 is 0.647 bits per heavy atom. The fourth-order valence-electron chi connectivity index (χ4n) is 4.01. The molecule has 3 aromatic carbocycles.